The first kappa shape index (κ1) is 20.9. The van der Waals surface area contributed by atoms with Crippen molar-refractivity contribution in [2.24, 2.45) is 0 Å². The monoisotopic (exact) mass is 244 g/mol. The van der Waals surface area contributed by atoms with E-state index in [0.717, 1.165) is 25.7 Å². The Bertz CT molecular complexity index is 182. The Morgan fingerprint density at radius 1 is 1.08 bits per heavy atom. The van der Waals surface area contributed by atoms with Gasteiger partial charge in [0.15, 0.2) is 0 Å². The van der Waals surface area contributed by atoms with Crippen molar-refractivity contribution < 1.29 is 13.0 Å². The van der Waals surface area contributed by atoms with E-state index >= 15 is 0 Å². The third-order valence-corrected chi connectivity index (χ3v) is 2.31. The Labute approximate surface area is 146 Å². The van der Waals surface area contributed by atoms with Crippen molar-refractivity contribution in [1.82, 2.24) is 0 Å². The van der Waals surface area contributed by atoms with E-state index in [9.17, 15) is 8.42 Å². The van der Waals surface area contributed by atoms with Gasteiger partial charge in [0.1, 0.15) is 0 Å². The molecule has 13 heavy (non-hydrogen) atoms. The van der Waals surface area contributed by atoms with Gasteiger partial charge in [-0.3, -0.25) is 4.55 Å². The van der Waals surface area contributed by atoms with Gasteiger partial charge in [-0.05, 0) is 6.42 Å². The fourth-order valence-corrected chi connectivity index (χ4v) is 1.46. The molecule has 0 fully saturated rings. The number of unbranched alkanes of at least 4 members (excludes halogenated alkanes) is 4. The minimum absolute atomic E-state index is 0. The molecular formula is C7H18KNaO3S. The summed E-state index contributed by atoms with van der Waals surface area (Å²) in [6.07, 6.45) is 4.83. The van der Waals surface area contributed by atoms with Gasteiger partial charge in [0.05, 0.1) is 5.75 Å². The zero-order valence-electron chi connectivity index (χ0n) is 6.91. The molecule has 0 aliphatic heterocycles. The Kier molecular flexibility index (Phi) is 20.3. The van der Waals surface area contributed by atoms with Crippen LogP contribution in [0.3, 0.4) is 0 Å². The Morgan fingerprint density at radius 3 is 1.92 bits per heavy atom. The van der Waals surface area contributed by atoms with Gasteiger partial charge in [0.25, 0.3) is 10.1 Å². The summed E-state index contributed by atoms with van der Waals surface area (Å²) in [5.74, 6) is -0.0866. The van der Waals surface area contributed by atoms with E-state index in [-0.39, 0.29) is 86.7 Å². The summed E-state index contributed by atoms with van der Waals surface area (Å²) >= 11 is 0. The molecule has 0 rings (SSSR count). The molecule has 0 atom stereocenters. The Hall–Kier alpha value is 2.55. The first-order valence-electron chi connectivity index (χ1n) is 4.01. The van der Waals surface area contributed by atoms with Crippen molar-refractivity contribution in [1.29, 1.82) is 0 Å². The summed E-state index contributed by atoms with van der Waals surface area (Å²) in [4.78, 5) is 0. The summed E-state index contributed by atoms with van der Waals surface area (Å²) in [6.45, 7) is 2.10. The molecule has 0 aromatic rings. The summed E-state index contributed by atoms with van der Waals surface area (Å²) in [5.41, 5.74) is 0. The van der Waals surface area contributed by atoms with E-state index in [0.29, 0.717) is 6.42 Å². The molecule has 0 spiro atoms. The normalized spacial score (nSPS) is 10.0. The van der Waals surface area contributed by atoms with Crippen LogP contribution in [0.15, 0.2) is 0 Å². The molecule has 0 radical (unpaired) electrons. The Balaban J connectivity index is -0.000000500. The summed E-state index contributed by atoms with van der Waals surface area (Å²) in [5, 5.41) is 0. The van der Waals surface area contributed by atoms with Gasteiger partial charge in [-0.2, -0.15) is 8.42 Å². The van der Waals surface area contributed by atoms with Crippen LogP contribution < -0.4 is 0 Å². The van der Waals surface area contributed by atoms with Gasteiger partial charge < -0.3 is 0 Å². The molecule has 0 aliphatic carbocycles. The predicted molar refractivity (Wildman–Crippen MR) is 59.5 cm³/mol. The molecule has 3 nitrogen and oxygen atoms in total. The summed E-state index contributed by atoms with van der Waals surface area (Å²) < 4.78 is 28.8. The van der Waals surface area contributed by atoms with Crippen molar-refractivity contribution in [3.05, 3.63) is 0 Å². The van der Waals surface area contributed by atoms with Gasteiger partial charge in [-0.25, -0.2) is 0 Å². The van der Waals surface area contributed by atoms with Crippen molar-refractivity contribution >= 4 is 91.1 Å². The van der Waals surface area contributed by atoms with Crippen molar-refractivity contribution in [2.75, 3.05) is 5.75 Å². The number of hydrogen-bond acceptors (Lipinski definition) is 2. The molecule has 0 unspecified atom stereocenters. The fourth-order valence-electron chi connectivity index (χ4n) is 0.888. The van der Waals surface area contributed by atoms with Crippen LogP contribution in [0.2, 0.25) is 0 Å². The van der Waals surface area contributed by atoms with Crippen LogP contribution in [0.4, 0.5) is 0 Å². The van der Waals surface area contributed by atoms with E-state index in [1.54, 1.807) is 0 Å². The molecule has 0 aromatic heterocycles. The van der Waals surface area contributed by atoms with Crippen LogP contribution in [-0.2, 0) is 10.1 Å². The first-order chi connectivity index (χ1) is 5.06. The zero-order valence-corrected chi connectivity index (χ0v) is 7.73. The van der Waals surface area contributed by atoms with Crippen molar-refractivity contribution in [3.63, 3.8) is 0 Å². The third kappa shape index (κ3) is 20.6. The molecule has 72 valence electrons. The van der Waals surface area contributed by atoms with Crippen LogP contribution in [0.1, 0.15) is 39.0 Å². The van der Waals surface area contributed by atoms with E-state index in [1.165, 1.54) is 0 Å². The average molecular weight is 244 g/mol. The molecule has 0 heterocycles. The molecule has 6 heteroatoms. The second-order valence-corrected chi connectivity index (χ2v) is 4.27. The van der Waals surface area contributed by atoms with Crippen LogP contribution in [-0.4, -0.2) is 99.7 Å². The molecular weight excluding hydrogens is 226 g/mol. The maximum absolute atomic E-state index is 10.2. The van der Waals surface area contributed by atoms with Crippen LogP contribution >= 0.6 is 0 Å². The number of rotatable bonds is 6. The van der Waals surface area contributed by atoms with Crippen molar-refractivity contribution in [2.45, 2.75) is 39.0 Å². The average Bonchev–Trinajstić information content (AvgIpc) is 1.85. The topological polar surface area (TPSA) is 54.4 Å². The van der Waals surface area contributed by atoms with E-state index in [4.69, 9.17) is 4.55 Å². The second kappa shape index (κ2) is 12.6. The Morgan fingerprint density at radius 2 is 1.54 bits per heavy atom. The fraction of sp³-hybridized carbons (Fsp3) is 1.00. The van der Waals surface area contributed by atoms with Crippen LogP contribution in [0.5, 0.6) is 0 Å². The van der Waals surface area contributed by atoms with E-state index < -0.39 is 10.1 Å². The van der Waals surface area contributed by atoms with E-state index in [2.05, 4.69) is 6.92 Å². The van der Waals surface area contributed by atoms with E-state index in [1.807, 2.05) is 0 Å². The molecule has 1 N–H and O–H groups in total. The number of hydrogen-bond donors (Lipinski definition) is 1. The van der Waals surface area contributed by atoms with Gasteiger partial charge in [0, 0.05) is 0 Å². The minimum atomic E-state index is -3.71. The first-order valence-corrected chi connectivity index (χ1v) is 5.62. The predicted octanol–water partition coefficient (Wildman–Crippen LogP) is 0.548. The molecule has 0 saturated carbocycles. The maximum atomic E-state index is 10.2. The van der Waals surface area contributed by atoms with Gasteiger partial charge in [-0.1, -0.05) is 32.6 Å². The summed E-state index contributed by atoms with van der Waals surface area (Å²) in [6, 6.07) is 0. The third-order valence-electron chi connectivity index (χ3n) is 1.51. The second-order valence-electron chi connectivity index (χ2n) is 2.70. The summed E-state index contributed by atoms with van der Waals surface area (Å²) in [7, 11) is -3.71. The molecule has 0 saturated heterocycles. The van der Waals surface area contributed by atoms with Crippen LogP contribution in [0.25, 0.3) is 0 Å². The molecule has 0 amide bonds. The van der Waals surface area contributed by atoms with Gasteiger partial charge in [-0.15, -0.1) is 0 Å². The SMILES string of the molecule is CCCCCCCS(=O)(=O)O.[KH].[NaH]. The van der Waals surface area contributed by atoms with Crippen LogP contribution in [0, 0.1) is 0 Å². The molecule has 0 bridgehead atoms. The molecule has 0 aromatic carbocycles. The zero-order chi connectivity index (χ0) is 8.74. The standard InChI is InChI=1S/C7H16O3S.K.Na.2H/c1-2-3-4-5-6-7-11(8,9)10;;;;/h2-7H2,1H3,(H,8,9,10);;;;. The van der Waals surface area contributed by atoms with Crippen molar-refractivity contribution in [3.8, 4) is 0 Å². The van der Waals surface area contributed by atoms with Gasteiger partial charge >= 0.3 is 80.9 Å². The molecule has 0 aliphatic rings. The van der Waals surface area contributed by atoms with Gasteiger partial charge in [0.2, 0.25) is 0 Å². The quantitative estimate of drug-likeness (QED) is 0.422.